The summed E-state index contributed by atoms with van der Waals surface area (Å²) in [7, 11) is 0. The van der Waals surface area contributed by atoms with Crippen molar-refractivity contribution in [1.82, 2.24) is 9.97 Å². The number of ether oxygens (including phenoxy) is 1. The quantitative estimate of drug-likeness (QED) is 0.871. The number of nitrogens with one attached hydrogen (secondary N) is 1. The predicted octanol–water partition coefficient (Wildman–Crippen LogP) is 3.09. The standard InChI is InChI=1S/C13H18BrN3O/c1-7(2)13-16-11(14)6-12(17-13)15-9-5-8-3-4-10(9)18-8/h6-10H,3-5H2,1-2H3,(H,15,16,17). The van der Waals surface area contributed by atoms with E-state index in [0.717, 1.165) is 22.7 Å². The summed E-state index contributed by atoms with van der Waals surface area (Å²) in [6, 6.07) is 2.35. The molecule has 1 aromatic rings. The molecule has 2 bridgehead atoms. The first-order valence-corrected chi connectivity index (χ1v) is 7.37. The molecule has 2 saturated heterocycles. The average Bonchev–Trinajstić information content (AvgIpc) is 2.90. The highest BCUT2D eigenvalue weighted by Gasteiger charge is 2.40. The van der Waals surface area contributed by atoms with Gasteiger partial charge in [0, 0.05) is 12.0 Å². The van der Waals surface area contributed by atoms with Crippen molar-refractivity contribution < 1.29 is 4.74 Å². The number of hydrogen-bond donors (Lipinski definition) is 1. The van der Waals surface area contributed by atoms with Crippen molar-refractivity contribution in [2.45, 2.75) is 57.3 Å². The predicted molar refractivity (Wildman–Crippen MR) is 73.7 cm³/mol. The lowest BCUT2D eigenvalue weighted by atomic mass is 9.95. The molecule has 18 heavy (non-hydrogen) atoms. The average molecular weight is 312 g/mol. The molecule has 3 rings (SSSR count). The van der Waals surface area contributed by atoms with Crippen molar-refractivity contribution in [2.24, 2.45) is 0 Å². The Morgan fingerprint density at radius 3 is 2.83 bits per heavy atom. The summed E-state index contributed by atoms with van der Waals surface area (Å²) < 4.78 is 6.69. The Kier molecular flexibility index (Phi) is 3.28. The first kappa shape index (κ1) is 12.4. The van der Waals surface area contributed by atoms with E-state index in [-0.39, 0.29) is 0 Å². The number of anilines is 1. The first-order chi connectivity index (χ1) is 8.61. The fourth-order valence-electron chi connectivity index (χ4n) is 2.75. The van der Waals surface area contributed by atoms with Crippen LogP contribution in [0.5, 0.6) is 0 Å². The van der Waals surface area contributed by atoms with Gasteiger partial charge in [0.15, 0.2) is 0 Å². The van der Waals surface area contributed by atoms with E-state index in [2.05, 4.69) is 45.1 Å². The third kappa shape index (κ3) is 2.38. The summed E-state index contributed by atoms with van der Waals surface area (Å²) in [5.74, 6) is 2.11. The lowest BCUT2D eigenvalue weighted by Crippen LogP contribution is -2.31. The first-order valence-electron chi connectivity index (χ1n) is 6.58. The summed E-state index contributed by atoms with van der Waals surface area (Å²) in [4.78, 5) is 8.96. The number of hydrogen-bond acceptors (Lipinski definition) is 4. The second kappa shape index (κ2) is 4.78. The Hall–Kier alpha value is -0.680. The van der Waals surface area contributed by atoms with Crippen LogP contribution < -0.4 is 5.32 Å². The normalized spacial score (nSPS) is 30.1. The molecular weight excluding hydrogens is 294 g/mol. The van der Waals surface area contributed by atoms with Gasteiger partial charge in [0.25, 0.3) is 0 Å². The SMILES string of the molecule is CC(C)c1nc(Br)cc(NC2CC3CCC2O3)n1. The van der Waals surface area contributed by atoms with E-state index in [1.165, 1.54) is 12.8 Å². The lowest BCUT2D eigenvalue weighted by molar-refractivity contribution is 0.102. The smallest absolute Gasteiger partial charge is 0.134 e. The molecule has 2 aliphatic rings. The Morgan fingerprint density at radius 2 is 2.22 bits per heavy atom. The van der Waals surface area contributed by atoms with E-state index in [9.17, 15) is 0 Å². The minimum Gasteiger partial charge on any atom is -0.373 e. The molecule has 0 radical (unpaired) electrons. The fraction of sp³-hybridized carbons (Fsp3) is 0.692. The van der Waals surface area contributed by atoms with Gasteiger partial charge in [0.05, 0.1) is 18.2 Å². The molecule has 2 aliphatic heterocycles. The van der Waals surface area contributed by atoms with Crippen LogP contribution in [0, 0.1) is 0 Å². The molecule has 0 spiro atoms. The van der Waals surface area contributed by atoms with Gasteiger partial charge in [-0.3, -0.25) is 0 Å². The lowest BCUT2D eigenvalue weighted by Gasteiger charge is -2.21. The highest BCUT2D eigenvalue weighted by Crippen LogP contribution is 2.36. The zero-order chi connectivity index (χ0) is 12.7. The van der Waals surface area contributed by atoms with Crippen molar-refractivity contribution in [3.8, 4) is 0 Å². The number of halogens is 1. The van der Waals surface area contributed by atoms with Crippen LogP contribution in [0.1, 0.15) is 44.9 Å². The molecule has 1 aromatic heterocycles. The molecule has 0 aliphatic carbocycles. The van der Waals surface area contributed by atoms with Gasteiger partial charge in [-0.05, 0) is 35.2 Å². The van der Waals surface area contributed by atoms with E-state index in [1.807, 2.05) is 6.07 Å². The summed E-state index contributed by atoms with van der Waals surface area (Å²) in [6.45, 7) is 4.21. The summed E-state index contributed by atoms with van der Waals surface area (Å²) in [6.07, 6.45) is 4.32. The third-order valence-corrected chi connectivity index (χ3v) is 4.07. The molecule has 3 unspecified atom stereocenters. The van der Waals surface area contributed by atoms with Crippen LogP contribution in [0.2, 0.25) is 0 Å². The van der Waals surface area contributed by atoms with Gasteiger partial charge >= 0.3 is 0 Å². The topological polar surface area (TPSA) is 47.0 Å². The fourth-order valence-corrected chi connectivity index (χ4v) is 3.15. The van der Waals surface area contributed by atoms with E-state index in [1.54, 1.807) is 0 Å². The van der Waals surface area contributed by atoms with Gasteiger partial charge in [0.2, 0.25) is 0 Å². The molecule has 1 N–H and O–H groups in total. The monoisotopic (exact) mass is 311 g/mol. The number of rotatable bonds is 3. The van der Waals surface area contributed by atoms with Crippen LogP contribution in [-0.2, 0) is 4.74 Å². The summed E-state index contributed by atoms with van der Waals surface area (Å²) >= 11 is 3.45. The van der Waals surface area contributed by atoms with Gasteiger partial charge in [-0.15, -0.1) is 0 Å². The highest BCUT2D eigenvalue weighted by molar-refractivity contribution is 9.10. The molecule has 0 aromatic carbocycles. The van der Waals surface area contributed by atoms with Crippen LogP contribution >= 0.6 is 15.9 Å². The molecule has 3 atom stereocenters. The molecule has 4 nitrogen and oxygen atoms in total. The van der Waals surface area contributed by atoms with Crippen molar-refractivity contribution >= 4 is 21.7 Å². The van der Waals surface area contributed by atoms with Crippen LogP contribution in [0.3, 0.4) is 0 Å². The van der Waals surface area contributed by atoms with Crippen LogP contribution in [-0.4, -0.2) is 28.2 Å². The Morgan fingerprint density at radius 1 is 1.39 bits per heavy atom. The second-order valence-corrected chi connectivity index (χ2v) is 6.26. The summed E-state index contributed by atoms with van der Waals surface area (Å²) in [5.41, 5.74) is 0. The maximum atomic E-state index is 5.85. The Labute approximate surface area is 116 Å². The largest absolute Gasteiger partial charge is 0.373 e. The van der Waals surface area contributed by atoms with Gasteiger partial charge in [-0.25, -0.2) is 9.97 Å². The zero-order valence-electron chi connectivity index (χ0n) is 10.7. The molecule has 5 heteroatoms. The number of aromatic nitrogens is 2. The van der Waals surface area contributed by atoms with Crippen molar-refractivity contribution in [3.63, 3.8) is 0 Å². The molecule has 2 fully saturated rings. The molecule has 98 valence electrons. The third-order valence-electron chi connectivity index (χ3n) is 3.67. The summed E-state index contributed by atoms with van der Waals surface area (Å²) in [5, 5.41) is 3.50. The molecule has 3 heterocycles. The van der Waals surface area contributed by atoms with Crippen molar-refractivity contribution in [3.05, 3.63) is 16.5 Å². The van der Waals surface area contributed by atoms with Crippen LogP contribution in [0.25, 0.3) is 0 Å². The maximum absolute atomic E-state index is 5.85. The van der Waals surface area contributed by atoms with Crippen LogP contribution in [0.4, 0.5) is 5.82 Å². The molecule has 0 amide bonds. The minimum atomic E-state index is 0.333. The van der Waals surface area contributed by atoms with E-state index < -0.39 is 0 Å². The zero-order valence-corrected chi connectivity index (χ0v) is 12.3. The van der Waals surface area contributed by atoms with E-state index >= 15 is 0 Å². The van der Waals surface area contributed by atoms with Gasteiger partial charge in [0.1, 0.15) is 16.2 Å². The Bertz CT molecular complexity index is 452. The van der Waals surface area contributed by atoms with Gasteiger partial charge in [-0.1, -0.05) is 13.8 Å². The Balaban J connectivity index is 1.76. The number of nitrogens with zero attached hydrogens (tertiary/aromatic N) is 2. The van der Waals surface area contributed by atoms with Gasteiger partial charge < -0.3 is 10.1 Å². The number of fused-ring (bicyclic) bond motifs is 2. The highest BCUT2D eigenvalue weighted by atomic mass is 79.9. The van der Waals surface area contributed by atoms with Crippen molar-refractivity contribution in [1.29, 1.82) is 0 Å². The minimum absolute atomic E-state index is 0.333. The maximum Gasteiger partial charge on any atom is 0.134 e. The molecular formula is C13H18BrN3O. The second-order valence-electron chi connectivity index (χ2n) is 5.45. The van der Waals surface area contributed by atoms with E-state index in [0.29, 0.717) is 24.2 Å². The molecule has 0 saturated carbocycles. The van der Waals surface area contributed by atoms with Crippen molar-refractivity contribution in [2.75, 3.05) is 5.32 Å². The van der Waals surface area contributed by atoms with Crippen LogP contribution in [0.15, 0.2) is 10.7 Å². The van der Waals surface area contributed by atoms with Gasteiger partial charge in [-0.2, -0.15) is 0 Å². The van der Waals surface area contributed by atoms with E-state index in [4.69, 9.17) is 4.74 Å².